The van der Waals surface area contributed by atoms with Crippen LogP contribution in [0.15, 0.2) is 60.7 Å². The number of fused-ring (bicyclic) bond motifs is 1. The lowest BCUT2D eigenvalue weighted by molar-refractivity contribution is -0.144. The molecule has 0 saturated carbocycles. The summed E-state index contributed by atoms with van der Waals surface area (Å²) < 4.78 is 20.1. The summed E-state index contributed by atoms with van der Waals surface area (Å²) >= 11 is 5.80. The fourth-order valence-electron chi connectivity index (χ4n) is 4.75. The van der Waals surface area contributed by atoms with Crippen molar-refractivity contribution in [2.45, 2.75) is 45.1 Å². The van der Waals surface area contributed by atoms with Gasteiger partial charge in [-0.2, -0.15) is 0 Å². The van der Waals surface area contributed by atoms with Gasteiger partial charge in [-0.15, -0.1) is 0 Å². The summed E-state index contributed by atoms with van der Waals surface area (Å²) in [5, 5.41) is 9.43. The third kappa shape index (κ3) is 6.24. The van der Waals surface area contributed by atoms with E-state index in [0.717, 1.165) is 33.6 Å². The lowest BCUT2D eigenvalue weighted by Gasteiger charge is -2.24. The molecular weight excluding hydrogens is 481 g/mol. The van der Waals surface area contributed by atoms with Crippen molar-refractivity contribution in [3.8, 4) is 5.75 Å². The van der Waals surface area contributed by atoms with Crippen LogP contribution in [-0.2, 0) is 35.3 Å². The Morgan fingerprint density at radius 1 is 1.11 bits per heavy atom. The van der Waals surface area contributed by atoms with E-state index >= 15 is 0 Å². The molecule has 0 unspecified atom stereocenters. The van der Waals surface area contributed by atoms with Crippen LogP contribution in [0.5, 0.6) is 5.75 Å². The van der Waals surface area contributed by atoms with E-state index in [9.17, 15) is 19.1 Å². The number of aryl methyl sites for hydroxylation is 1. The second kappa shape index (κ2) is 10.7. The van der Waals surface area contributed by atoms with Gasteiger partial charge in [-0.3, -0.25) is 9.59 Å². The largest absolute Gasteiger partial charge is 0.487 e. The van der Waals surface area contributed by atoms with Crippen LogP contribution in [-0.4, -0.2) is 40.6 Å². The Bertz CT molecular complexity index is 1290. The highest BCUT2D eigenvalue weighted by Gasteiger charge is 2.35. The Balaban J connectivity index is 1.42. The third-order valence-corrected chi connectivity index (χ3v) is 6.86. The number of carbonyl (C=O) groups excluding carboxylic acids is 1. The van der Waals surface area contributed by atoms with Crippen LogP contribution < -0.4 is 4.74 Å². The maximum absolute atomic E-state index is 13.9. The molecule has 0 saturated heterocycles. The van der Waals surface area contributed by atoms with Gasteiger partial charge in [0.25, 0.3) is 0 Å². The maximum Gasteiger partial charge on any atom is 0.323 e. The average Bonchev–Trinajstić information content (AvgIpc) is 3.14. The van der Waals surface area contributed by atoms with Gasteiger partial charge in [0.05, 0.1) is 11.4 Å². The number of hydrogen-bond donors (Lipinski definition) is 1. The number of carbonyl (C=O) groups is 2. The molecular formula is C29H29ClFNO4. The quantitative estimate of drug-likeness (QED) is 0.418. The molecule has 5 nitrogen and oxygen atoms in total. The highest BCUT2D eigenvalue weighted by atomic mass is 35.5. The standard InChI is InChI=1S/C29H29ClFNO4/c1-19-5-3-4-6-22(19)11-12-32(18-28(34)35)27(33)15-20-8-10-26-23(13-20)17-29(2,36-26)16-21-7-9-24(30)25(31)14-21/h3-10,13-14H,11-12,15-18H2,1-2H3,(H,34,35)/t29-/m1/s1. The summed E-state index contributed by atoms with van der Waals surface area (Å²) in [7, 11) is 0. The van der Waals surface area contributed by atoms with Crippen molar-refractivity contribution in [2.75, 3.05) is 13.1 Å². The first kappa shape index (κ1) is 25.7. The first-order chi connectivity index (χ1) is 17.1. The van der Waals surface area contributed by atoms with Crippen molar-refractivity contribution in [1.82, 2.24) is 4.90 Å². The number of benzene rings is 3. The van der Waals surface area contributed by atoms with Crippen LogP contribution in [0.4, 0.5) is 4.39 Å². The van der Waals surface area contributed by atoms with Crippen LogP contribution in [0.1, 0.15) is 34.7 Å². The molecule has 1 aliphatic rings. The third-order valence-electron chi connectivity index (χ3n) is 6.55. The van der Waals surface area contributed by atoms with Gasteiger partial charge in [-0.05, 0) is 66.3 Å². The van der Waals surface area contributed by atoms with E-state index in [0.29, 0.717) is 25.8 Å². The Morgan fingerprint density at radius 2 is 1.86 bits per heavy atom. The summed E-state index contributed by atoms with van der Waals surface area (Å²) in [5.41, 5.74) is 4.23. The SMILES string of the molecule is Cc1ccccc1CCN(CC(=O)O)C(=O)Cc1ccc2c(c1)C[C@@](C)(Cc1ccc(Cl)c(F)c1)O2. The summed E-state index contributed by atoms with van der Waals surface area (Å²) in [6, 6.07) is 18.3. The number of aliphatic carboxylic acids is 1. The van der Waals surface area contributed by atoms with Gasteiger partial charge in [-0.1, -0.05) is 54.1 Å². The minimum Gasteiger partial charge on any atom is -0.487 e. The van der Waals surface area contributed by atoms with Gasteiger partial charge in [-0.25, -0.2) is 4.39 Å². The zero-order valence-corrected chi connectivity index (χ0v) is 21.1. The minimum atomic E-state index is -1.04. The number of amides is 1. The number of nitrogens with zero attached hydrogens (tertiary/aromatic N) is 1. The number of carboxylic acid groups (broad SMARTS) is 1. The van der Waals surface area contributed by atoms with Crippen LogP contribution in [0, 0.1) is 12.7 Å². The molecule has 3 aromatic carbocycles. The predicted octanol–water partition coefficient (Wildman–Crippen LogP) is 5.42. The summed E-state index contributed by atoms with van der Waals surface area (Å²) in [4.78, 5) is 25.9. The number of halogens is 2. The molecule has 188 valence electrons. The molecule has 0 aliphatic carbocycles. The molecule has 0 spiro atoms. The Hall–Kier alpha value is -3.38. The van der Waals surface area contributed by atoms with E-state index in [1.165, 1.54) is 11.0 Å². The molecule has 7 heteroatoms. The van der Waals surface area contributed by atoms with Crippen molar-refractivity contribution in [3.05, 3.63) is 99.3 Å². The molecule has 4 rings (SSSR count). The van der Waals surface area contributed by atoms with Crippen molar-refractivity contribution in [1.29, 1.82) is 0 Å². The maximum atomic E-state index is 13.9. The molecule has 0 aromatic heterocycles. The number of carboxylic acids is 1. The van der Waals surface area contributed by atoms with Gasteiger partial charge < -0.3 is 14.7 Å². The average molecular weight is 510 g/mol. The molecule has 1 aliphatic heterocycles. The van der Waals surface area contributed by atoms with Crippen molar-refractivity contribution in [2.24, 2.45) is 0 Å². The monoisotopic (exact) mass is 509 g/mol. The van der Waals surface area contributed by atoms with E-state index < -0.39 is 17.4 Å². The van der Waals surface area contributed by atoms with Crippen molar-refractivity contribution in [3.63, 3.8) is 0 Å². The van der Waals surface area contributed by atoms with E-state index in [1.54, 1.807) is 12.1 Å². The zero-order chi connectivity index (χ0) is 25.9. The lowest BCUT2D eigenvalue weighted by Crippen LogP contribution is -2.38. The van der Waals surface area contributed by atoms with Gasteiger partial charge in [0.2, 0.25) is 5.91 Å². The Kier molecular flexibility index (Phi) is 7.65. The molecule has 0 bridgehead atoms. The topological polar surface area (TPSA) is 66.8 Å². The highest BCUT2D eigenvalue weighted by Crippen LogP contribution is 2.38. The van der Waals surface area contributed by atoms with Crippen LogP contribution in [0.2, 0.25) is 5.02 Å². The van der Waals surface area contributed by atoms with Gasteiger partial charge in [0.15, 0.2) is 0 Å². The molecule has 1 N–H and O–H groups in total. The first-order valence-electron chi connectivity index (χ1n) is 11.9. The molecule has 1 heterocycles. The summed E-state index contributed by atoms with van der Waals surface area (Å²) in [6.45, 7) is 3.97. The van der Waals surface area contributed by atoms with Crippen molar-refractivity contribution < 1.29 is 23.8 Å². The fourth-order valence-corrected chi connectivity index (χ4v) is 4.87. The second-order valence-corrected chi connectivity index (χ2v) is 10.1. The first-order valence-corrected chi connectivity index (χ1v) is 12.3. The number of ether oxygens (including phenoxy) is 1. The smallest absolute Gasteiger partial charge is 0.323 e. The molecule has 3 aromatic rings. The van der Waals surface area contributed by atoms with Crippen molar-refractivity contribution >= 4 is 23.5 Å². The normalized spacial score (nSPS) is 16.3. The number of rotatable bonds is 9. The van der Waals surface area contributed by atoms with E-state index in [-0.39, 0.29) is 23.9 Å². The van der Waals surface area contributed by atoms with E-state index in [1.807, 2.05) is 56.3 Å². The van der Waals surface area contributed by atoms with E-state index in [2.05, 4.69) is 0 Å². The zero-order valence-electron chi connectivity index (χ0n) is 20.4. The predicted molar refractivity (Wildman–Crippen MR) is 137 cm³/mol. The Morgan fingerprint density at radius 3 is 2.58 bits per heavy atom. The molecule has 36 heavy (non-hydrogen) atoms. The van der Waals surface area contributed by atoms with Crippen LogP contribution in [0.3, 0.4) is 0 Å². The highest BCUT2D eigenvalue weighted by molar-refractivity contribution is 6.30. The van der Waals surface area contributed by atoms with Gasteiger partial charge >= 0.3 is 5.97 Å². The fraction of sp³-hybridized carbons (Fsp3) is 0.310. The lowest BCUT2D eigenvalue weighted by atomic mass is 9.91. The van der Waals surface area contributed by atoms with E-state index in [4.69, 9.17) is 16.3 Å². The van der Waals surface area contributed by atoms with Gasteiger partial charge in [0.1, 0.15) is 23.7 Å². The summed E-state index contributed by atoms with van der Waals surface area (Å²) in [5.74, 6) is -0.985. The molecule has 1 amide bonds. The molecule has 0 radical (unpaired) electrons. The van der Waals surface area contributed by atoms with Crippen LogP contribution in [0.25, 0.3) is 0 Å². The minimum absolute atomic E-state index is 0.0877. The molecule has 1 atom stereocenters. The van der Waals surface area contributed by atoms with Crippen LogP contribution >= 0.6 is 11.6 Å². The molecule has 0 fully saturated rings. The Labute approximate surface area is 215 Å². The number of hydrogen-bond acceptors (Lipinski definition) is 3. The summed E-state index contributed by atoms with van der Waals surface area (Å²) in [6.07, 6.45) is 1.82. The van der Waals surface area contributed by atoms with Gasteiger partial charge in [0, 0.05) is 19.4 Å². The second-order valence-electron chi connectivity index (χ2n) is 9.66.